The van der Waals surface area contributed by atoms with Gasteiger partial charge >= 0.3 is 0 Å². The molecule has 1 aromatic heterocycles. The molecule has 0 aromatic carbocycles. The molecule has 0 aliphatic heterocycles. The number of thiazole rings is 1. The van der Waals surface area contributed by atoms with Crippen LogP contribution in [0.5, 0.6) is 0 Å². The van der Waals surface area contributed by atoms with Crippen molar-refractivity contribution < 1.29 is 0 Å². The molecule has 1 saturated carbocycles. The first kappa shape index (κ1) is 14.8. The number of aromatic nitrogens is 1. The van der Waals surface area contributed by atoms with E-state index in [0.717, 1.165) is 25.6 Å². The molecule has 1 aliphatic carbocycles. The van der Waals surface area contributed by atoms with Gasteiger partial charge < -0.3 is 15.1 Å². The van der Waals surface area contributed by atoms with E-state index in [1.54, 1.807) is 0 Å². The van der Waals surface area contributed by atoms with E-state index in [4.69, 9.17) is 4.98 Å². The van der Waals surface area contributed by atoms with Gasteiger partial charge in [-0.15, -0.1) is 11.3 Å². The lowest BCUT2D eigenvalue weighted by molar-refractivity contribution is 0.401. The van der Waals surface area contributed by atoms with Gasteiger partial charge in [-0.1, -0.05) is 0 Å². The first-order chi connectivity index (χ1) is 9.11. The first-order valence-electron chi connectivity index (χ1n) is 7.12. The topological polar surface area (TPSA) is 31.4 Å². The van der Waals surface area contributed by atoms with Crippen molar-refractivity contribution in [3.8, 4) is 0 Å². The van der Waals surface area contributed by atoms with E-state index in [-0.39, 0.29) is 0 Å². The summed E-state index contributed by atoms with van der Waals surface area (Å²) in [6, 6.07) is 0. The molecule has 0 amide bonds. The van der Waals surface area contributed by atoms with Crippen molar-refractivity contribution in [2.45, 2.75) is 31.7 Å². The Kier molecular flexibility index (Phi) is 5.19. The molecule has 1 aromatic rings. The minimum absolute atomic E-state index is 0.739. The Morgan fingerprint density at radius 3 is 2.58 bits per heavy atom. The molecule has 0 atom stereocenters. The van der Waals surface area contributed by atoms with E-state index in [1.165, 1.54) is 35.0 Å². The van der Waals surface area contributed by atoms with Gasteiger partial charge in [0.05, 0.1) is 5.69 Å². The molecule has 2 rings (SSSR count). The summed E-state index contributed by atoms with van der Waals surface area (Å²) in [5, 5.41) is 4.45. The number of hydrogen-bond acceptors (Lipinski definition) is 5. The summed E-state index contributed by atoms with van der Waals surface area (Å²) in [5.74, 6) is 0.739. The summed E-state index contributed by atoms with van der Waals surface area (Å²) < 4.78 is 0. The molecule has 1 heterocycles. The Labute approximate surface area is 120 Å². The molecule has 4 nitrogen and oxygen atoms in total. The minimum Gasteiger partial charge on any atom is -0.351 e. The summed E-state index contributed by atoms with van der Waals surface area (Å²) in [7, 11) is 8.42. The highest BCUT2D eigenvalue weighted by Crippen LogP contribution is 2.44. The monoisotopic (exact) mass is 282 g/mol. The molecule has 5 heteroatoms. The van der Waals surface area contributed by atoms with E-state index >= 15 is 0 Å². The van der Waals surface area contributed by atoms with Crippen LogP contribution in [-0.2, 0) is 6.54 Å². The van der Waals surface area contributed by atoms with Gasteiger partial charge in [-0.05, 0) is 47.0 Å². The lowest BCUT2D eigenvalue weighted by Crippen LogP contribution is -2.23. The van der Waals surface area contributed by atoms with Crippen molar-refractivity contribution in [3.63, 3.8) is 0 Å². The zero-order chi connectivity index (χ0) is 13.8. The average molecular weight is 282 g/mol. The van der Waals surface area contributed by atoms with Crippen molar-refractivity contribution in [2.24, 2.45) is 0 Å². The van der Waals surface area contributed by atoms with Crippen LogP contribution < -0.4 is 10.2 Å². The molecule has 1 aliphatic rings. The molecular formula is C14H26N4S. The maximum atomic E-state index is 4.88. The van der Waals surface area contributed by atoms with Crippen LogP contribution in [0.4, 0.5) is 5.13 Å². The molecule has 0 spiro atoms. The molecule has 0 saturated heterocycles. The summed E-state index contributed by atoms with van der Waals surface area (Å²) in [5.41, 5.74) is 1.36. The maximum Gasteiger partial charge on any atom is 0.185 e. The Bertz CT molecular complexity index is 398. The van der Waals surface area contributed by atoms with Gasteiger partial charge in [0.25, 0.3) is 0 Å². The predicted octanol–water partition coefficient (Wildman–Crippen LogP) is 2.13. The number of anilines is 1. The number of nitrogens with one attached hydrogen (secondary N) is 1. The quantitative estimate of drug-likeness (QED) is 0.791. The Hall–Kier alpha value is -0.650. The van der Waals surface area contributed by atoms with Gasteiger partial charge in [0, 0.05) is 30.9 Å². The van der Waals surface area contributed by atoms with Crippen LogP contribution in [0.1, 0.15) is 35.8 Å². The van der Waals surface area contributed by atoms with Crippen LogP contribution in [0.3, 0.4) is 0 Å². The van der Waals surface area contributed by atoms with Crippen molar-refractivity contribution in [3.05, 3.63) is 10.6 Å². The molecule has 1 N–H and O–H groups in total. The van der Waals surface area contributed by atoms with Crippen LogP contribution >= 0.6 is 11.3 Å². The standard InChI is InChI=1S/C14H26N4S/c1-15-10-12-13(11-6-7-11)16-14(19-12)18(4)9-5-8-17(2)3/h11,15H,5-10H2,1-4H3. The lowest BCUT2D eigenvalue weighted by Gasteiger charge is -2.17. The molecule has 0 unspecified atom stereocenters. The molecule has 0 bridgehead atoms. The summed E-state index contributed by atoms with van der Waals surface area (Å²) in [6.07, 6.45) is 3.83. The molecule has 108 valence electrons. The predicted molar refractivity (Wildman–Crippen MR) is 83.3 cm³/mol. The second-order valence-electron chi connectivity index (χ2n) is 5.69. The Morgan fingerprint density at radius 2 is 2.00 bits per heavy atom. The summed E-state index contributed by atoms with van der Waals surface area (Å²) >= 11 is 1.86. The third-order valence-electron chi connectivity index (χ3n) is 3.44. The average Bonchev–Trinajstić information content (AvgIpc) is 3.11. The smallest absolute Gasteiger partial charge is 0.185 e. The lowest BCUT2D eigenvalue weighted by atomic mass is 10.2. The largest absolute Gasteiger partial charge is 0.351 e. The zero-order valence-corrected chi connectivity index (χ0v) is 13.4. The van der Waals surface area contributed by atoms with Crippen molar-refractivity contribution in [2.75, 3.05) is 46.2 Å². The van der Waals surface area contributed by atoms with Gasteiger partial charge in [-0.3, -0.25) is 0 Å². The number of hydrogen-bond donors (Lipinski definition) is 1. The Morgan fingerprint density at radius 1 is 1.26 bits per heavy atom. The fourth-order valence-electron chi connectivity index (χ4n) is 2.20. The molecular weight excluding hydrogens is 256 g/mol. The van der Waals surface area contributed by atoms with E-state index in [9.17, 15) is 0 Å². The second kappa shape index (κ2) is 6.68. The van der Waals surface area contributed by atoms with Gasteiger partial charge in [0.2, 0.25) is 0 Å². The van der Waals surface area contributed by atoms with Crippen LogP contribution in [0.15, 0.2) is 0 Å². The van der Waals surface area contributed by atoms with Crippen LogP contribution in [-0.4, -0.2) is 51.2 Å². The van der Waals surface area contributed by atoms with Gasteiger partial charge in [0.1, 0.15) is 0 Å². The third-order valence-corrected chi connectivity index (χ3v) is 4.63. The maximum absolute atomic E-state index is 4.88. The fourth-order valence-corrected chi connectivity index (χ4v) is 3.34. The zero-order valence-electron chi connectivity index (χ0n) is 12.6. The minimum atomic E-state index is 0.739. The van der Waals surface area contributed by atoms with E-state index in [2.05, 4.69) is 36.3 Å². The van der Waals surface area contributed by atoms with Crippen LogP contribution in [0.2, 0.25) is 0 Å². The van der Waals surface area contributed by atoms with Crippen molar-refractivity contribution in [1.29, 1.82) is 0 Å². The molecule has 1 fully saturated rings. The highest BCUT2D eigenvalue weighted by Gasteiger charge is 2.29. The van der Waals surface area contributed by atoms with E-state index < -0.39 is 0 Å². The van der Waals surface area contributed by atoms with E-state index in [0.29, 0.717) is 0 Å². The van der Waals surface area contributed by atoms with Crippen LogP contribution in [0.25, 0.3) is 0 Å². The first-order valence-corrected chi connectivity index (χ1v) is 7.93. The summed E-state index contributed by atoms with van der Waals surface area (Å²) in [6.45, 7) is 3.17. The molecule has 19 heavy (non-hydrogen) atoms. The van der Waals surface area contributed by atoms with Crippen LogP contribution in [0, 0.1) is 0 Å². The van der Waals surface area contributed by atoms with Gasteiger partial charge in [-0.2, -0.15) is 0 Å². The third kappa shape index (κ3) is 4.16. The second-order valence-corrected chi connectivity index (χ2v) is 6.75. The van der Waals surface area contributed by atoms with Crippen molar-refractivity contribution in [1.82, 2.24) is 15.2 Å². The highest BCUT2D eigenvalue weighted by molar-refractivity contribution is 7.15. The normalized spacial score (nSPS) is 15.2. The number of rotatable bonds is 8. The van der Waals surface area contributed by atoms with Gasteiger partial charge in [-0.25, -0.2) is 4.98 Å². The SMILES string of the molecule is CNCc1sc(N(C)CCCN(C)C)nc1C1CC1. The van der Waals surface area contributed by atoms with Gasteiger partial charge in [0.15, 0.2) is 5.13 Å². The van der Waals surface area contributed by atoms with Crippen molar-refractivity contribution >= 4 is 16.5 Å². The molecule has 0 radical (unpaired) electrons. The highest BCUT2D eigenvalue weighted by atomic mass is 32.1. The Balaban J connectivity index is 1.96. The van der Waals surface area contributed by atoms with E-state index in [1.807, 2.05) is 18.4 Å². The number of nitrogens with zero attached hydrogens (tertiary/aromatic N) is 3. The fraction of sp³-hybridized carbons (Fsp3) is 0.786. The summed E-state index contributed by atoms with van der Waals surface area (Å²) in [4.78, 5) is 10.8.